The molecule has 0 aliphatic carbocycles. The maximum atomic E-state index is 12.7. The van der Waals surface area contributed by atoms with Crippen LogP contribution in [-0.2, 0) is 4.74 Å². The Labute approximate surface area is 163 Å². The number of likely N-dealkylation sites (tertiary alicyclic amines) is 1. The number of carbonyl (C=O) groups is 3. The minimum atomic E-state index is -0.485. The number of aromatic nitrogens is 1. The molecular weight excluding hydrogens is 358 g/mol. The number of piperidine rings is 1. The number of ether oxygens (including phenoxy) is 1. The van der Waals surface area contributed by atoms with Gasteiger partial charge in [-0.25, -0.2) is 4.79 Å². The van der Waals surface area contributed by atoms with Gasteiger partial charge in [-0.3, -0.25) is 14.6 Å². The van der Waals surface area contributed by atoms with E-state index >= 15 is 0 Å². The molecule has 3 rings (SSSR count). The van der Waals surface area contributed by atoms with Crippen molar-refractivity contribution in [3.63, 3.8) is 0 Å². The van der Waals surface area contributed by atoms with Crippen molar-refractivity contribution < 1.29 is 19.1 Å². The second-order valence-electron chi connectivity index (χ2n) is 6.96. The van der Waals surface area contributed by atoms with Crippen LogP contribution in [0, 0.1) is 5.92 Å². The fourth-order valence-electron chi connectivity index (χ4n) is 3.12. The van der Waals surface area contributed by atoms with Gasteiger partial charge in [-0.2, -0.15) is 0 Å². The van der Waals surface area contributed by atoms with Gasteiger partial charge in [0.2, 0.25) is 0 Å². The lowest BCUT2D eigenvalue weighted by Crippen LogP contribution is -2.38. The summed E-state index contributed by atoms with van der Waals surface area (Å²) in [5.41, 5.74) is 1.46. The molecule has 146 valence electrons. The lowest BCUT2D eigenvalue weighted by molar-refractivity contribution is 0.0600. The molecule has 0 bridgehead atoms. The largest absolute Gasteiger partial charge is 0.465 e. The monoisotopic (exact) mass is 381 g/mol. The van der Waals surface area contributed by atoms with Crippen LogP contribution in [0.4, 0.5) is 5.69 Å². The summed E-state index contributed by atoms with van der Waals surface area (Å²) >= 11 is 0. The number of esters is 1. The summed E-state index contributed by atoms with van der Waals surface area (Å²) in [6.07, 6.45) is 4.86. The number of benzene rings is 1. The van der Waals surface area contributed by atoms with Gasteiger partial charge < -0.3 is 15.0 Å². The van der Waals surface area contributed by atoms with Gasteiger partial charge in [0.05, 0.1) is 23.8 Å². The number of hydrogen-bond donors (Lipinski definition) is 1. The van der Waals surface area contributed by atoms with Crippen molar-refractivity contribution in [2.24, 2.45) is 5.92 Å². The molecule has 2 aromatic rings. The molecule has 1 aliphatic rings. The van der Waals surface area contributed by atoms with Gasteiger partial charge in [-0.15, -0.1) is 0 Å². The molecule has 0 spiro atoms. The van der Waals surface area contributed by atoms with Crippen molar-refractivity contribution in [1.29, 1.82) is 0 Å². The number of amides is 2. The average molecular weight is 381 g/mol. The number of hydrogen-bond acceptors (Lipinski definition) is 5. The second kappa shape index (κ2) is 8.65. The first-order chi connectivity index (χ1) is 13.5. The zero-order chi connectivity index (χ0) is 20.1. The molecule has 0 saturated carbocycles. The third-order valence-electron chi connectivity index (χ3n) is 4.86. The van der Waals surface area contributed by atoms with E-state index in [0.29, 0.717) is 22.7 Å². The van der Waals surface area contributed by atoms with Crippen molar-refractivity contribution in [2.45, 2.75) is 19.8 Å². The lowest BCUT2D eigenvalue weighted by Gasteiger charge is -2.30. The Morgan fingerprint density at radius 1 is 1.07 bits per heavy atom. The molecule has 1 fully saturated rings. The predicted molar refractivity (Wildman–Crippen MR) is 104 cm³/mol. The molecule has 0 unspecified atom stereocenters. The third kappa shape index (κ3) is 4.54. The van der Waals surface area contributed by atoms with E-state index in [1.165, 1.54) is 25.6 Å². The summed E-state index contributed by atoms with van der Waals surface area (Å²) in [6.45, 7) is 3.62. The van der Waals surface area contributed by atoms with Crippen molar-refractivity contribution in [3.8, 4) is 0 Å². The van der Waals surface area contributed by atoms with Crippen molar-refractivity contribution in [2.75, 3.05) is 25.5 Å². The molecule has 1 saturated heterocycles. The summed E-state index contributed by atoms with van der Waals surface area (Å²) in [5.74, 6) is -0.376. The van der Waals surface area contributed by atoms with Crippen LogP contribution in [0.25, 0.3) is 0 Å². The molecular formula is C21H23N3O4. The van der Waals surface area contributed by atoms with Gasteiger partial charge in [-0.05, 0) is 43.0 Å². The molecule has 1 N–H and O–H groups in total. The highest BCUT2D eigenvalue weighted by molar-refractivity contribution is 6.06. The van der Waals surface area contributed by atoms with E-state index in [9.17, 15) is 14.4 Å². The third-order valence-corrected chi connectivity index (χ3v) is 4.86. The zero-order valence-corrected chi connectivity index (χ0v) is 16.0. The topological polar surface area (TPSA) is 88.6 Å². The number of pyridine rings is 1. The lowest BCUT2D eigenvalue weighted by atomic mass is 9.98. The van der Waals surface area contributed by atoms with Crippen LogP contribution in [-0.4, -0.2) is 47.9 Å². The molecule has 0 radical (unpaired) electrons. The van der Waals surface area contributed by atoms with Gasteiger partial charge in [0.25, 0.3) is 11.8 Å². The van der Waals surface area contributed by atoms with Crippen LogP contribution in [0.1, 0.15) is 50.8 Å². The first-order valence-corrected chi connectivity index (χ1v) is 9.22. The maximum Gasteiger partial charge on any atom is 0.337 e. The molecule has 2 heterocycles. The van der Waals surface area contributed by atoms with E-state index in [1.54, 1.807) is 29.2 Å². The summed E-state index contributed by atoms with van der Waals surface area (Å²) < 4.78 is 4.68. The summed E-state index contributed by atoms with van der Waals surface area (Å²) in [6, 6.07) is 7.99. The molecule has 2 amide bonds. The second-order valence-corrected chi connectivity index (χ2v) is 6.96. The Kier molecular flexibility index (Phi) is 6.03. The highest BCUT2D eigenvalue weighted by atomic mass is 16.5. The standard InChI is InChI=1S/C21H23N3O4/c1-14-6-8-24(9-7-14)20(26)17-10-16(12-22-13-17)19(25)23-18-5-3-4-15(11-18)21(27)28-2/h3-5,10-14H,6-9H2,1-2H3,(H,23,25). The summed E-state index contributed by atoms with van der Waals surface area (Å²) in [7, 11) is 1.30. The van der Waals surface area contributed by atoms with Crippen LogP contribution < -0.4 is 5.32 Å². The highest BCUT2D eigenvalue weighted by Gasteiger charge is 2.22. The Morgan fingerprint density at radius 3 is 2.50 bits per heavy atom. The highest BCUT2D eigenvalue weighted by Crippen LogP contribution is 2.19. The average Bonchev–Trinajstić information content (AvgIpc) is 2.73. The fraction of sp³-hybridized carbons (Fsp3) is 0.333. The van der Waals surface area contributed by atoms with Crippen LogP contribution >= 0.6 is 0 Å². The Bertz CT molecular complexity index is 889. The summed E-state index contributed by atoms with van der Waals surface area (Å²) in [5, 5.41) is 2.72. The van der Waals surface area contributed by atoms with Crippen LogP contribution in [0.2, 0.25) is 0 Å². The van der Waals surface area contributed by atoms with Gasteiger partial charge in [-0.1, -0.05) is 13.0 Å². The summed E-state index contributed by atoms with van der Waals surface area (Å²) in [4.78, 5) is 42.7. The van der Waals surface area contributed by atoms with E-state index in [-0.39, 0.29) is 11.5 Å². The van der Waals surface area contributed by atoms with Crippen LogP contribution in [0.3, 0.4) is 0 Å². The van der Waals surface area contributed by atoms with Crippen LogP contribution in [0.5, 0.6) is 0 Å². The molecule has 28 heavy (non-hydrogen) atoms. The molecule has 0 atom stereocenters. The van der Waals surface area contributed by atoms with Crippen molar-refractivity contribution in [1.82, 2.24) is 9.88 Å². The van der Waals surface area contributed by atoms with Crippen molar-refractivity contribution >= 4 is 23.5 Å². The van der Waals surface area contributed by atoms with E-state index in [0.717, 1.165) is 25.9 Å². The first-order valence-electron chi connectivity index (χ1n) is 9.22. The number of rotatable bonds is 4. The minimum Gasteiger partial charge on any atom is -0.465 e. The SMILES string of the molecule is COC(=O)c1cccc(NC(=O)c2cncc(C(=O)N3CCC(C)CC3)c2)c1. The smallest absolute Gasteiger partial charge is 0.337 e. The first kappa shape index (κ1) is 19.5. The number of nitrogens with one attached hydrogen (secondary N) is 1. The van der Waals surface area contributed by atoms with E-state index in [4.69, 9.17) is 0 Å². The fourth-order valence-corrected chi connectivity index (χ4v) is 3.12. The molecule has 1 aromatic heterocycles. The van der Waals surface area contributed by atoms with Crippen molar-refractivity contribution in [3.05, 3.63) is 59.4 Å². The maximum absolute atomic E-state index is 12.7. The predicted octanol–water partition coefficient (Wildman–Crippen LogP) is 2.99. The molecule has 1 aliphatic heterocycles. The zero-order valence-electron chi connectivity index (χ0n) is 16.0. The Hall–Kier alpha value is -3.22. The van der Waals surface area contributed by atoms with E-state index in [2.05, 4.69) is 22.0 Å². The molecule has 7 heteroatoms. The number of carbonyl (C=O) groups excluding carboxylic acids is 3. The minimum absolute atomic E-state index is 0.110. The van der Waals surface area contributed by atoms with Gasteiger partial charge in [0, 0.05) is 31.2 Å². The van der Waals surface area contributed by atoms with Gasteiger partial charge >= 0.3 is 5.97 Å². The molecule has 7 nitrogen and oxygen atoms in total. The normalized spacial score (nSPS) is 14.4. The number of nitrogens with zero attached hydrogens (tertiary/aromatic N) is 2. The number of methoxy groups -OCH3 is 1. The van der Waals surface area contributed by atoms with Gasteiger partial charge in [0.15, 0.2) is 0 Å². The van der Waals surface area contributed by atoms with Crippen LogP contribution in [0.15, 0.2) is 42.7 Å². The van der Waals surface area contributed by atoms with Gasteiger partial charge in [0.1, 0.15) is 0 Å². The Morgan fingerprint density at radius 2 is 1.79 bits per heavy atom. The van der Waals surface area contributed by atoms with E-state index < -0.39 is 11.9 Å². The number of anilines is 1. The Balaban J connectivity index is 1.72. The quantitative estimate of drug-likeness (QED) is 0.823. The van der Waals surface area contributed by atoms with E-state index in [1.807, 2.05) is 0 Å². The molecule has 1 aromatic carbocycles.